The molecular formula is C21H42O4. The van der Waals surface area contributed by atoms with Gasteiger partial charge in [0, 0.05) is 12.8 Å². The zero-order valence-corrected chi connectivity index (χ0v) is 18.2. The summed E-state index contributed by atoms with van der Waals surface area (Å²) in [5.74, 6) is -0.363. The molecule has 0 saturated heterocycles. The standard InChI is InChI=1S/C21H42O4/c1-10-19(8,11-2)22-24-21(25-23-20(9,12-3)13-4)15-17(5)14-18(6,7)16-21/h17H,10-16H2,1-9H3. The maximum absolute atomic E-state index is 6.06. The first-order chi connectivity index (χ1) is 11.5. The average molecular weight is 359 g/mol. The minimum atomic E-state index is -0.849. The zero-order chi connectivity index (χ0) is 19.4. The predicted octanol–water partition coefficient (Wildman–Crippen LogP) is 6.58. The normalized spacial score (nSPS) is 23.6. The van der Waals surface area contributed by atoms with Crippen molar-refractivity contribution >= 4 is 0 Å². The van der Waals surface area contributed by atoms with Gasteiger partial charge in [0.1, 0.15) is 11.2 Å². The van der Waals surface area contributed by atoms with E-state index in [1.54, 1.807) is 0 Å². The van der Waals surface area contributed by atoms with Crippen molar-refractivity contribution < 1.29 is 19.6 Å². The topological polar surface area (TPSA) is 36.9 Å². The number of rotatable bonds is 10. The minimum Gasteiger partial charge on any atom is -0.227 e. The van der Waals surface area contributed by atoms with Crippen molar-refractivity contribution in [3.05, 3.63) is 0 Å². The molecule has 1 aliphatic carbocycles. The molecule has 0 radical (unpaired) electrons. The second kappa shape index (κ2) is 8.69. The van der Waals surface area contributed by atoms with Crippen LogP contribution in [0.1, 0.15) is 107 Å². The molecule has 0 aromatic carbocycles. The van der Waals surface area contributed by atoms with Gasteiger partial charge in [0.05, 0.1) is 0 Å². The van der Waals surface area contributed by atoms with E-state index < -0.39 is 5.79 Å². The van der Waals surface area contributed by atoms with Crippen molar-refractivity contribution in [2.24, 2.45) is 11.3 Å². The zero-order valence-electron chi connectivity index (χ0n) is 18.2. The number of hydrogen-bond acceptors (Lipinski definition) is 4. The third-order valence-electron chi connectivity index (χ3n) is 6.09. The van der Waals surface area contributed by atoms with Crippen molar-refractivity contribution in [3.63, 3.8) is 0 Å². The molecule has 0 bridgehead atoms. The van der Waals surface area contributed by atoms with Gasteiger partial charge in [-0.3, -0.25) is 0 Å². The molecule has 1 saturated carbocycles. The van der Waals surface area contributed by atoms with E-state index in [0.717, 1.165) is 44.9 Å². The summed E-state index contributed by atoms with van der Waals surface area (Å²) < 4.78 is 0. The van der Waals surface area contributed by atoms with Gasteiger partial charge in [0.25, 0.3) is 0 Å². The summed E-state index contributed by atoms with van der Waals surface area (Å²) >= 11 is 0. The van der Waals surface area contributed by atoms with Crippen LogP contribution >= 0.6 is 0 Å². The van der Waals surface area contributed by atoms with Gasteiger partial charge in [-0.2, -0.15) is 9.78 Å². The summed E-state index contributed by atoms with van der Waals surface area (Å²) in [6.07, 6.45) is 6.25. The minimum absolute atomic E-state index is 0.119. The van der Waals surface area contributed by atoms with Gasteiger partial charge in [-0.25, -0.2) is 9.78 Å². The molecular weight excluding hydrogens is 316 g/mol. The maximum Gasteiger partial charge on any atom is 0.234 e. The molecule has 150 valence electrons. The SMILES string of the molecule is CCC(C)(CC)OOC1(OOC(C)(CC)CC)CC(C)CC(C)(C)C1. The Morgan fingerprint density at radius 2 is 1.20 bits per heavy atom. The third kappa shape index (κ3) is 6.50. The second-order valence-corrected chi connectivity index (χ2v) is 9.41. The molecule has 4 heteroatoms. The first-order valence-electron chi connectivity index (χ1n) is 10.2. The lowest BCUT2D eigenvalue weighted by atomic mass is 9.70. The summed E-state index contributed by atoms with van der Waals surface area (Å²) in [4.78, 5) is 24.0. The molecule has 0 aliphatic heterocycles. The average Bonchev–Trinajstić information content (AvgIpc) is 2.56. The molecule has 1 atom stereocenters. The van der Waals surface area contributed by atoms with Crippen LogP contribution in [0.3, 0.4) is 0 Å². The lowest BCUT2D eigenvalue weighted by molar-refractivity contribution is -0.555. The summed E-state index contributed by atoms with van der Waals surface area (Å²) in [7, 11) is 0. The van der Waals surface area contributed by atoms with Crippen molar-refractivity contribution in [3.8, 4) is 0 Å². The third-order valence-corrected chi connectivity index (χ3v) is 6.09. The Balaban J connectivity index is 2.97. The second-order valence-electron chi connectivity index (χ2n) is 9.41. The highest BCUT2D eigenvalue weighted by atomic mass is 17.3. The molecule has 0 spiro atoms. The van der Waals surface area contributed by atoms with E-state index in [-0.39, 0.29) is 16.6 Å². The first-order valence-corrected chi connectivity index (χ1v) is 10.2. The highest BCUT2D eigenvalue weighted by Gasteiger charge is 2.49. The van der Waals surface area contributed by atoms with Crippen LogP contribution in [0.25, 0.3) is 0 Å². The fourth-order valence-electron chi connectivity index (χ4n) is 3.65. The Hall–Kier alpha value is -0.160. The summed E-state index contributed by atoms with van der Waals surface area (Å²) in [6, 6.07) is 0. The van der Waals surface area contributed by atoms with Crippen LogP contribution in [0.15, 0.2) is 0 Å². The van der Waals surface area contributed by atoms with Gasteiger partial charge in [-0.1, -0.05) is 48.5 Å². The Labute approximate surface area is 155 Å². The Bertz CT molecular complexity index is 375. The van der Waals surface area contributed by atoms with Crippen molar-refractivity contribution in [1.82, 2.24) is 0 Å². The molecule has 1 rings (SSSR count). The quantitative estimate of drug-likeness (QED) is 0.251. The highest BCUT2D eigenvalue weighted by Crippen LogP contribution is 2.47. The van der Waals surface area contributed by atoms with E-state index >= 15 is 0 Å². The van der Waals surface area contributed by atoms with Crippen molar-refractivity contribution in [2.75, 3.05) is 0 Å². The van der Waals surface area contributed by atoms with Crippen LogP contribution in [-0.2, 0) is 19.6 Å². The smallest absolute Gasteiger partial charge is 0.227 e. The van der Waals surface area contributed by atoms with Gasteiger partial charge in [-0.05, 0) is 57.3 Å². The molecule has 0 N–H and O–H groups in total. The van der Waals surface area contributed by atoms with Crippen molar-refractivity contribution in [2.45, 2.75) is 124 Å². The molecule has 1 fully saturated rings. The van der Waals surface area contributed by atoms with Gasteiger partial charge in [0.2, 0.25) is 5.79 Å². The van der Waals surface area contributed by atoms with E-state index in [4.69, 9.17) is 19.6 Å². The maximum atomic E-state index is 6.06. The molecule has 0 amide bonds. The summed E-state index contributed by atoms with van der Waals surface area (Å²) in [5, 5.41) is 0. The highest BCUT2D eigenvalue weighted by molar-refractivity contribution is 4.88. The molecule has 0 heterocycles. The van der Waals surface area contributed by atoms with Gasteiger partial charge in [-0.15, -0.1) is 0 Å². The lowest BCUT2D eigenvalue weighted by Gasteiger charge is -2.46. The monoisotopic (exact) mass is 358 g/mol. The van der Waals surface area contributed by atoms with Gasteiger partial charge >= 0.3 is 0 Å². The fourth-order valence-corrected chi connectivity index (χ4v) is 3.65. The number of hydrogen-bond donors (Lipinski definition) is 0. The van der Waals surface area contributed by atoms with Crippen LogP contribution in [0, 0.1) is 11.3 Å². The Morgan fingerprint density at radius 1 is 0.800 bits per heavy atom. The van der Waals surface area contributed by atoms with Crippen LogP contribution in [0.5, 0.6) is 0 Å². The van der Waals surface area contributed by atoms with Crippen molar-refractivity contribution in [1.29, 1.82) is 0 Å². The summed E-state index contributed by atoms with van der Waals surface area (Å²) in [6.45, 7) is 19.4. The summed E-state index contributed by atoms with van der Waals surface area (Å²) in [5.41, 5.74) is -0.492. The van der Waals surface area contributed by atoms with Gasteiger partial charge < -0.3 is 0 Å². The van der Waals surface area contributed by atoms with E-state index in [1.165, 1.54) is 0 Å². The van der Waals surface area contributed by atoms with Crippen LogP contribution in [0.2, 0.25) is 0 Å². The van der Waals surface area contributed by atoms with Gasteiger partial charge in [0.15, 0.2) is 0 Å². The largest absolute Gasteiger partial charge is 0.234 e. The molecule has 1 unspecified atom stereocenters. The van der Waals surface area contributed by atoms with Crippen LogP contribution < -0.4 is 0 Å². The van der Waals surface area contributed by atoms with E-state index in [9.17, 15) is 0 Å². The molecule has 25 heavy (non-hydrogen) atoms. The first kappa shape index (κ1) is 22.9. The Morgan fingerprint density at radius 3 is 1.52 bits per heavy atom. The van der Waals surface area contributed by atoms with E-state index in [2.05, 4.69) is 62.3 Å². The van der Waals surface area contributed by atoms with E-state index in [1.807, 2.05) is 0 Å². The van der Waals surface area contributed by atoms with Crippen LogP contribution in [0.4, 0.5) is 0 Å². The molecule has 0 aromatic rings. The Kier molecular flexibility index (Phi) is 7.95. The predicted molar refractivity (Wildman–Crippen MR) is 102 cm³/mol. The van der Waals surface area contributed by atoms with E-state index in [0.29, 0.717) is 5.92 Å². The fraction of sp³-hybridized carbons (Fsp3) is 1.00. The lowest BCUT2D eigenvalue weighted by Crippen LogP contribution is -2.49. The van der Waals surface area contributed by atoms with Crippen LogP contribution in [-0.4, -0.2) is 17.0 Å². The molecule has 1 aliphatic rings. The molecule has 4 nitrogen and oxygen atoms in total. The molecule has 0 aromatic heterocycles.